The third kappa shape index (κ3) is 8.33. The van der Waals surface area contributed by atoms with Crippen LogP contribution in [0.2, 0.25) is 0 Å². The summed E-state index contributed by atoms with van der Waals surface area (Å²) in [6.07, 6.45) is -3.83. The molecule has 1 aromatic rings. The molecule has 0 spiro atoms. The van der Waals surface area contributed by atoms with E-state index in [1.165, 1.54) is 0 Å². The van der Waals surface area contributed by atoms with E-state index in [4.69, 9.17) is 0 Å². The van der Waals surface area contributed by atoms with Gasteiger partial charge in [-0.2, -0.15) is 24.9 Å². The molecule has 1 saturated heterocycles. The molecule has 1 amide bonds. The Morgan fingerprint density at radius 2 is 2.00 bits per heavy atom. The Bertz CT molecular complexity index is 534. The van der Waals surface area contributed by atoms with Crippen LogP contribution in [0.1, 0.15) is 17.5 Å². The molecule has 0 aromatic heterocycles. The van der Waals surface area contributed by atoms with Crippen molar-refractivity contribution in [3.8, 4) is 0 Å². The van der Waals surface area contributed by atoms with Gasteiger partial charge in [0.15, 0.2) is 0 Å². The molecule has 1 heterocycles. The molecule has 0 bridgehead atoms. The van der Waals surface area contributed by atoms with Gasteiger partial charge in [-0.15, -0.1) is 12.4 Å². The van der Waals surface area contributed by atoms with Crippen molar-refractivity contribution in [1.29, 1.82) is 0 Å². The van der Waals surface area contributed by atoms with Crippen molar-refractivity contribution in [2.75, 3.05) is 31.1 Å². The molecule has 1 N–H and O–H groups in total. The maximum atomic E-state index is 12.8. The fraction of sp³-hybridized carbons (Fsp3) is 0.588. The lowest BCUT2D eigenvalue weighted by Crippen LogP contribution is -2.45. The topological polar surface area (TPSA) is 32.3 Å². The van der Waals surface area contributed by atoms with Gasteiger partial charge in [-0.05, 0) is 18.9 Å². The van der Waals surface area contributed by atoms with Gasteiger partial charge in [-0.25, -0.2) is 0 Å². The number of thioether (sulfide) groups is 1. The molecular weight excluding hydrogens is 373 g/mol. The molecule has 3 nitrogen and oxygen atoms in total. The summed E-state index contributed by atoms with van der Waals surface area (Å²) in [7, 11) is 0. The first-order valence-electron chi connectivity index (χ1n) is 8.05. The Hall–Kier alpha value is -0.920. The van der Waals surface area contributed by atoms with Crippen LogP contribution in [0.4, 0.5) is 13.2 Å². The van der Waals surface area contributed by atoms with Crippen LogP contribution in [0, 0.1) is 6.92 Å². The maximum Gasteiger partial charge on any atom is 0.406 e. The quantitative estimate of drug-likeness (QED) is 0.799. The number of halogens is 4. The van der Waals surface area contributed by atoms with Crippen molar-refractivity contribution >= 4 is 30.1 Å². The Labute approximate surface area is 157 Å². The number of benzene rings is 1. The predicted molar refractivity (Wildman–Crippen MR) is 98.5 cm³/mol. The van der Waals surface area contributed by atoms with Crippen LogP contribution in [0.5, 0.6) is 0 Å². The average Bonchev–Trinajstić information content (AvgIpc) is 2.53. The van der Waals surface area contributed by atoms with E-state index < -0.39 is 18.6 Å². The molecule has 8 heteroatoms. The zero-order valence-electron chi connectivity index (χ0n) is 14.1. The monoisotopic (exact) mass is 396 g/mol. The van der Waals surface area contributed by atoms with Gasteiger partial charge < -0.3 is 10.2 Å². The minimum atomic E-state index is -4.38. The number of carbonyl (C=O) groups is 1. The third-order valence-electron chi connectivity index (χ3n) is 3.93. The Balaban J connectivity index is 0.00000312. The third-order valence-corrected chi connectivity index (χ3v) is 5.06. The van der Waals surface area contributed by atoms with E-state index >= 15 is 0 Å². The summed E-state index contributed by atoms with van der Waals surface area (Å²) in [5, 5.41) is 3.20. The normalized spacial score (nSPS) is 17.7. The number of aryl methyl sites for hydroxylation is 1. The fourth-order valence-corrected chi connectivity index (χ4v) is 3.57. The van der Waals surface area contributed by atoms with E-state index in [0.29, 0.717) is 6.42 Å². The second-order valence-corrected chi connectivity index (χ2v) is 7.25. The summed E-state index contributed by atoms with van der Waals surface area (Å²) < 4.78 is 38.4. The maximum absolute atomic E-state index is 12.8. The number of hydrogen-bond acceptors (Lipinski definition) is 3. The van der Waals surface area contributed by atoms with Crippen LogP contribution in [-0.4, -0.2) is 54.2 Å². The first-order chi connectivity index (χ1) is 11.3. The van der Waals surface area contributed by atoms with Crippen LogP contribution in [0.3, 0.4) is 0 Å². The first-order valence-corrected chi connectivity index (χ1v) is 9.20. The average molecular weight is 397 g/mol. The smallest absolute Gasteiger partial charge is 0.333 e. The number of amides is 1. The van der Waals surface area contributed by atoms with Gasteiger partial charge in [-0.3, -0.25) is 4.79 Å². The molecule has 0 radical (unpaired) electrons. The molecule has 2 rings (SSSR count). The van der Waals surface area contributed by atoms with E-state index in [1.54, 1.807) is 11.8 Å². The molecule has 142 valence electrons. The summed E-state index contributed by atoms with van der Waals surface area (Å²) in [4.78, 5) is 13.3. The molecule has 1 unspecified atom stereocenters. The second-order valence-electron chi connectivity index (χ2n) is 6.10. The van der Waals surface area contributed by atoms with Gasteiger partial charge in [0, 0.05) is 37.1 Å². The van der Waals surface area contributed by atoms with Crippen LogP contribution in [0.15, 0.2) is 24.3 Å². The summed E-state index contributed by atoms with van der Waals surface area (Å²) in [6.45, 7) is 1.66. The highest BCUT2D eigenvalue weighted by atomic mass is 35.5. The van der Waals surface area contributed by atoms with Gasteiger partial charge in [0.25, 0.3) is 0 Å². The summed E-state index contributed by atoms with van der Waals surface area (Å²) in [6, 6.07) is 7.60. The SMILES string of the molecule is Cc1ccc(CCN(CC(F)(F)F)C(=O)CC2CSCCN2)cc1.Cl. The molecule has 1 fully saturated rings. The van der Waals surface area contributed by atoms with Crippen molar-refractivity contribution in [2.45, 2.75) is 32.0 Å². The summed E-state index contributed by atoms with van der Waals surface area (Å²) >= 11 is 1.73. The predicted octanol–water partition coefficient (Wildman–Crippen LogP) is 3.45. The number of rotatable bonds is 6. The fourth-order valence-electron chi connectivity index (χ4n) is 2.62. The zero-order valence-corrected chi connectivity index (χ0v) is 15.8. The second kappa shape index (κ2) is 10.3. The van der Waals surface area contributed by atoms with Gasteiger partial charge in [0.1, 0.15) is 6.54 Å². The van der Waals surface area contributed by atoms with Gasteiger partial charge in [0.05, 0.1) is 0 Å². The molecule has 1 atom stereocenters. The van der Waals surface area contributed by atoms with E-state index in [1.807, 2.05) is 31.2 Å². The Morgan fingerprint density at radius 3 is 2.56 bits per heavy atom. The van der Waals surface area contributed by atoms with E-state index in [2.05, 4.69) is 5.32 Å². The number of nitrogens with zero attached hydrogens (tertiary/aromatic N) is 1. The Kier molecular flexibility index (Phi) is 9.10. The number of nitrogens with one attached hydrogen (secondary N) is 1. The van der Waals surface area contributed by atoms with Crippen LogP contribution in [-0.2, 0) is 11.2 Å². The molecule has 0 aliphatic carbocycles. The largest absolute Gasteiger partial charge is 0.406 e. The number of carbonyl (C=O) groups excluding carboxylic acids is 1. The van der Waals surface area contributed by atoms with Crippen molar-refractivity contribution in [1.82, 2.24) is 10.2 Å². The molecule has 25 heavy (non-hydrogen) atoms. The Morgan fingerprint density at radius 1 is 1.32 bits per heavy atom. The standard InChI is InChI=1S/C17H23F3N2OS.ClH/c1-13-2-4-14(5-3-13)6-8-22(12-17(18,19)20)16(23)10-15-11-24-9-7-21-15;/h2-5,15,21H,6-12H2,1H3;1H. The minimum absolute atomic E-state index is 0. The highest BCUT2D eigenvalue weighted by molar-refractivity contribution is 7.99. The highest BCUT2D eigenvalue weighted by Gasteiger charge is 2.33. The zero-order chi connectivity index (χ0) is 17.6. The van der Waals surface area contributed by atoms with Crippen LogP contribution >= 0.6 is 24.2 Å². The summed E-state index contributed by atoms with van der Waals surface area (Å²) in [5.41, 5.74) is 2.04. The van der Waals surface area contributed by atoms with E-state index in [9.17, 15) is 18.0 Å². The van der Waals surface area contributed by atoms with Crippen LogP contribution < -0.4 is 5.32 Å². The van der Waals surface area contributed by atoms with E-state index in [-0.39, 0.29) is 31.4 Å². The molecule has 1 aliphatic rings. The first kappa shape index (κ1) is 22.1. The van der Waals surface area contributed by atoms with Crippen molar-refractivity contribution in [2.24, 2.45) is 0 Å². The number of hydrogen-bond donors (Lipinski definition) is 1. The molecule has 1 aliphatic heterocycles. The lowest BCUT2D eigenvalue weighted by molar-refractivity contribution is -0.161. The summed E-state index contributed by atoms with van der Waals surface area (Å²) in [5.74, 6) is 1.31. The van der Waals surface area contributed by atoms with Crippen molar-refractivity contribution in [3.05, 3.63) is 35.4 Å². The van der Waals surface area contributed by atoms with Gasteiger partial charge in [-0.1, -0.05) is 29.8 Å². The van der Waals surface area contributed by atoms with Crippen molar-refractivity contribution in [3.63, 3.8) is 0 Å². The highest BCUT2D eigenvalue weighted by Crippen LogP contribution is 2.19. The minimum Gasteiger partial charge on any atom is -0.333 e. The van der Waals surface area contributed by atoms with Crippen molar-refractivity contribution < 1.29 is 18.0 Å². The lowest BCUT2D eigenvalue weighted by atomic mass is 10.1. The molecule has 0 saturated carbocycles. The molecule has 1 aromatic carbocycles. The van der Waals surface area contributed by atoms with Crippen LogP contribution in [0.25, 0.3) is 0 Å². The van der Waals surface area contributed by atoms with Gasteiger partial charge >= 0.3 is 6.18 Å². The lowest BCUT2D eigenvalue weighted by Gasteiger charge is -2.28. The van der Waals surface area contributed by atoms with E-state index in [0.717, 1.165) is 34.1 Å². The molecular formula is C17H24ClF3N2OS. The number of alkyl halides is 3. The van der Waals surface area contributed by atoms with Gasteiger partial charge in [0.2, 0.25) is 5.91 Å².